The van der Waals surface area contributed by atoms with Gasteiger partial charge in [0.2, 0.25) is 0 Å². The Morgan fingerprint density at radius 2 is 1.64 bits per heavy atom. The Morgan fingerprint density at radius 3 is 2.29 bits per heavy atom. The van der Waals surface area contributed by atoms with E-state index < -0.39 is 0 Å². The Labute approximate surface area is 95.2 Å². The zero-order valence-corrected chi connectivity index (χ0v) is 9.54. The van der Waals surface area contributed by atoms with E-state index in [0.29, 0.717) is 0 Å². The molecular weight excluding hydrogens is 215 g/mol. The fraction of sp³-hybridized carbons (Fsp3) is 0.417. The highest BCUT2D eigenvalue weighted by Crippen LogP contribution is 2.36. The van der Waals surface area contributed by atoms with Crippen molar-refractivity contribution >= 4 is 23.2 Å². The van der Waals surface area contributed by atoms with Crippen molar-refractivity contribution in [2.24, 2.45) is 0 Å². The summed E-state index contributed by atoms with van der Waals surface area (Å²) in [7, 11) is 0. The van der Waals surface area contributed by atoms with Crippen molar-refractivity contribution in [3.63, 3.8) is 0 Å². The van der Waals surface area contributed by atoms with Crippen LogP contribution in [0.2, 0.25) is 10.0 Å². The van der Waals surface area contributed by atoms with E-state index in [2.05, 4.69) is 0 Å². The molecule has 0 spiro atoms. The van der Waals surface area contributed by atoms with Crippen molar-refractivity contribution in [3.8, 4) is 0 Å². The first-order valence-electron chi connectivity index (χ1n) is 5.07. The Kier molecular flexibility index (Phi) is 3.35. The minimum absolute atomic E-state index is 0.718. The largest absolute Gasteiger partial charge is 0.0843 e. The standard InChI is InChI=1S/C12H13Cl2/c13-10-6-7-11(12(14)8-10)9-4-2-1-3-5-9/h6-8H,1-5H2. The third-order valence-electron chi connectivity index (χ3n) is 2.77. The molecule has 0 atom stereocenters. The quantitative estimate of drug-likeness (QED) is 0.642. The molecule has 1 aliphatic rings. The molecule has 0 aliphatic heterocycles. The van der Waals surface area contributed by atoms with Gasteiger partial charge in [-0.05, 0) is 30.5 Å². The molecule has 14 heavy (non-hydrogen) atoms. The van der Waals surface area contributed by atoms with Crippen molar-refractivity contribution in [1.82, 2.24) is 0 Å². The van der Waals surface area contributed by atoms with Crippen LogP contribution in [0.1, 0.15) is 37.7 Å². The van der Waals surface area contributed by atoms with Gasteiger partial charge in [-0.25, -0.2) is 0 Å². The molecule has 0 N–H and O–H groups in total. The summed E-state index contributed by atoms with van der Waals surface area (Å²) in [6.07, 6.45) is 6.35. The molecule has 0 unspecified atom stereocenters. The van der Waals surface area contributed by atoms with Crippen LogP contribution in [0.4, 0.5) is 0 Å². The highest BCUT2D eigenvalue weighted by molar-refractivity contribution is 6.35. The number of rotatable bonds is 1. The fourth-order valence-electron chi connectivity index (χ4n) is 2.02. The van der Waals surface area contributed by atoms with Crippen LogP contribution in [0.25, 0.3) is 0 Å². The van der Waals surface area contributed by atoms with Crippen molar-refractivity contribution in [2.45, 2.75) is 32.1 Å². The van der Waals surface area contributed by atoms with Gasteiger partial charge in [0.25, 0.3) is 0 Å². The number of halogens is 2. The maximum atomic E-state index is 6.16. The molecule has 1 fully saturated rings. The van der Waals surface area contributed by atoms with Gasteiger partial charge in [-0.1, -0.05) is 48.5 Å². The average Bonchev–Trinajstić information content (AvgIpc) is 2.19. The van der Waals surface area contributed by atoms with Crippen LogP contribution in [0.3, 0.4) is 0 Å². The van der Waals surface area contributed by atoms with Crippen LogP contribution in [0, 0.1) is 5.92 Å². The summed E-state index contributed by atoms with van der Waals surface area (Å²) >= 11 is 12.0. The Morgan fingerprint density at radius 1 is 0.929 bits per heavy atom. The normalized spacial score (nSPS) is 18.4. The molecule has 1 saturated carbocycles. The van der Waals surface area contributed by atoms with Gasteiger partial charge in [0.05, 0.1) is 0 Å². The van der Waals surface area contributed by atoms with Crippen LogP contribution < -0.4 is 0 Å². The lowest BCUT2D eigenvalue weighted by Gasteiger charge is -2.22. The smallest absolute Gasteiger partial charge is 0.0458 e. The summed E-state index contributed by atoms with van der Waals surface area (Å²) in [5.41, 5.74) is 1.20. The van der Waals surface area contributed by atoms with E-state index >= 15 is 0 Å². The summed E-state index contributed by atoms with van der Waals surface area (Å²) in [6, 6.07) is 5.80. The molecule has 0 amide bonds. The topological polar surface area (TPSA) is 0 Å². The Bertz CT molecular complexity index is 314. The van der Waals surface area contributed by atoms with Crippen LogP contribution in [0.5, 0.6) is 0 Å². The maximum absolute atomic E-state index is 6.16. The van der Waals surface area contributed by atoms with E-state index in [1.807, 2.05) is 18.2 Å². The number of hydrogen-bond acceptors (Lipinski definition) is 0. The first-order chi connectivity index (χ1) is 6.77. The molecule has 0 aromatic heterocycles. The molecule has 1 aromatic rings. The summed E-state index contributed by atoms with van der Waals surface area (Å²) in [6.45, 7) is 0. The lowest BCUT2D eigenvalue weighted by molar-refractivity contribution is 0.551. The molecule has 0 heterocycles. The van der Waals surface area contributed by atoms with Crippen molar-refractivity contribution in [3.05, 3.63) is 39.7 Å². The third kappa shape index (κ3) is 2.24. The van der Waals surface area contributed by atoms with Crippen molar-refractivity contribution in [1.29, 1.82) is 0 Å². The van der Waals surface area contributed by atoms with Crippen LogP contribution >= 0.6 is 23.2 Å². The maximum Gasteiger partial charge on any atom is 0.0458 e. The molecular formula is C12H13Cl2. The minimum Gasteiger partial charge on any atom is -0.0843 e. The number of hydrogen-bond donors (Lipinski definition) is 0. The van der Waals surface area contributed by atoms with Crippen molar-refractivity contribution in [2.75, 3.05) is 0 Å². The number of benzene rings is 1. The van der Waals surface area contributed by atoms with Gasteiger partial charge in [0, 0.05) is 16.0 Å². The predicted octanol–water partition coefficient (Wildman–Crippen LogP) is 4.88. The molecule has 1 radical (unpaired) electrons. The Balaban J connectivity index is 2.22. The summed E-state index contributed by atoms with van der Waals surface area (Å²) in [5, 5.41) is 1.52. The molecule has 1 aromatic carbocycles. The van der Waals surface area contributed by atoms with Gasteiger partial charge in [-0.3, -0.25) is 0 Å². The summed E-state index contributed by atoms with van der Waals surface area (Å²) in [5.74, 6) is 1.50. The summed E-state index contributed by atoms with van der Waals surface area (Å²) < 4.78 is 0. The molecule has 0 bridgehead atoms. The van der Waals surface area contributed by atoms with Gasteiger partial charge in [0.15, 0.2) is 0 Å². The second-order valence-corrected chi connectivity index (χ2v) is 4.63. The minimum atomic E-state index is 0.718. The van der Waals surface area contributed by atoms with E-state index in [-0.39, 0.29) is 0 Å². The Hall–Kier alpha value is -0.200. The van der Waals surface area contributed by atoms with Crippen LogP contribution in [-0.4, -0.2) is 0 Å². The SMILES string of the molecule is Clc1ccc([C]2CCCCC2)c(Cl)c1. The average molecular weight is 228 g/mol. The molecule has 75 valence electrons. The molecule has 2 heteroatoms. The van der Waals surface area contributed by atoms with Gasteiger partial charge in [0.1, 0.15) is 0 Å². The third-order valence-corrected chi connectivity index (χ3v) is 3.32. The fourth-order valence-corrected chi connectivity index (χ4v) is 2.57. The van der Waals surface area contributed by atoms with Gasteiger partial charge >= 0.3 is 0 Å². The van der Waals surface area contributed by atoms with E-state index in [4.69, 9.17) is 23.2 Å². The zero-order valence-electron chi connectivity index (χ0n) is 8.02. The zero-order chi connectivity index (χ0) is 9.97. The highest BCUT2D eigenvalue weighted by atomic mass is 35.5. The first kappa shape index (κ1) is 10.3. The molecule has 0 nitrogen and oxygen atoms in total. The second kappa shape index (κ2) is 4.55. The van der Waals surface area contributed by atoms with Gasteiger partial charge in [-0.2, -0.15) is 0 Å². The van der Waals surface area contributed by atoms with Gasteiger partial charge in [-0.15, -0.1) is 0 Å². The first-order valence-corrected chi connectivity index (χ1v) is 5.83. The molecule has 0 saturated heterocycles. The second-order valence-electron chi connectivity index (χ2n) is 3.79. The van der Waals surface area contributed by atoms with Crippen molar-refractivity contribution < 1.29 is 0 Å². The summed E-state index contributed by atoms with van der Waals surface area (Å²) in [4.78, 5) is 0. The molecule has 1 aliphatic carbocycles. The predicted molar refractivity (Wildman–Crippen MR) is 61.9 cm³/mol. The van der Waals surface area contributed by atoms with Gasteiger partial charge < -0.3 is 0 Å². The lowest BCUT2D eigenvalue weighted by Crippen LogP contribution is -2.05. The van der Waals surface area contributed by atoms with Crippen LogP contribution in [-0.2, 0) is 0 Å². The van der Waals surface area contributed by atoms with E-state index in [1.54, 1.807) is 0 Å². The van der Waals surface area contributed by atoms with E-state index in [9.17, 15) is 0 Å². The monoisotopic (exact) mass is 227 g/mol. The van der Waals surface area contributed by atoms with E-state index in [1.165, 1.54) is 43.6 Å². The lowest BCUT2D eigenvalue weighted by atomic mass is 9.84. The van der Waals surface area contributed by atoms with E-state index in [0.717, 1.165) is 10.0 Å². The molecule has 2 rings (SSSR count). The highest BCUT2D eigenvalue weighted by Gasteiger charge is 2.18. The van der Waals surface area contributed by atoms with Crippen LogP contribution in [0.15, 0.2) is 18.2 Å².